The van der Waals surface area contributed by atoms with Crippen LogP contribution in [0.25, 0.3) is 33.4 Å². The van der Waals surface area contributed by atoms with E-state index in [2.05, 4.69) is 10.6 Å². The number of fused-ring (bicyclic) bond motifs is 2. The van der Waals surface area contributed by atoms with Crippen LogP contribution in [-0.2, 0) is 14.4 Å². The maximum Gasteiger partial charge on any atom is 0.336 e. The number of nitrogen functional groups attached to an aromatic ring is 1. The van der Waals surface area contributed by atoms with Crippen LogP contribution in [0.1, 0.15) is 20.7 Å². The third-order valence-corrected chi connectivity index (χ3v) is 6.50. The van der Waals surface area contributed by atoms with Crippen LogP contribution in [0.5, 0.6) is 0 Å². The lowest BCUT2D eigenvalue weighted by molar-refractivity contribution is -0.137. The second-order valence-corrected chi connectivity index (χ2v) is 9.20. The predicted octanol–water partition coefficient (Wildman–Crippen LogP) is 1.74. The van der Waals surface area contributed by atoms with Crippen molar-refractivity contribution < 1.29 is 33.5 Å². The quantitative estimate of drug-likeness (QED) is 0.124. The lowest BCUT2D eigenvalue weighted by Crippen LogP contribution is -2.42. The lowest BCUT2D eigenvalue weighted by atomic mass is 9.89. The highest BCUT2D eigenvalue weighted by atomic mass is 16.4. The zero-order chi connectivity index (χ0) is 29.3. The number of hydrogen-bond acceptors (Lipinski definition) is 8. The van der Waals surface area contributed by atoms with Crippen molar-refractivity contribution in [1.29, 1.82) is 5.41 Å². The third kappa shape index (κ3) is 5.39. The van der Waals surface area contributed by atoms with Crippen molar-refractivity contribution in [3.8, 4) is 22.5 Å². The van der Waals surface area contributed by atoms with Crippen molar-refractivity contribution >= 4 is 46.3 Å². The van der Waals surface area contributed by atoms with Gasteiger partial charge in [0.05, 0.1) is 17.5 Å². The van der Waals surface area contributed by atoms with Crippen LogP contribution >= 0.6 is 0 Å². The van der Waals surface area contributed by atoms with Crippen molar-refractivity contribution in [3.63, 3.8) is 0 Å². The molecule has 0 bridgehead atoms. The van der Waals surface area contributed by atoms with Gasteiger partial charge in [0.15, 0.2) is 0 Å². The van der Waals surface area contributed by atoms with Crippen LogP contribution < -0.4 is 21.7 Å². The average molecular weight is 554 g/mol. The van der Waals surface area contributed by atoms with Gasteiger partial charge in [0.1, 0.15) is 11.3 Å². The van der Waals surface area contributed by atoms with E-state index in [9.17, 15) is 29.1 Å². The molecule has 0 aromatic heterocycles. The van der Waals surface area contributed by atoms with Crippen molar-refractivity contribution in [2.24, 2.45) is 0 Å². The number of aromatic carboxylic acids is 1. The molecule has 0 fully saturated rings. The molecule has 12 nitrogen and oxygen atoms in total. The summed E-state index contributed by atoms with van der Waals surface area (Å²) in [5, 5.41) is 23.8. The number of nitrogens with one attached hydrogen (secondary N) is 3. The highest BCUT2D eigenvalue weighted by Gasteiger charge is 2.24. The summed E-state index contributed by atoms with van der Waals surface area (Å²) < 4.78 is 5.97. The van der Waals surface area contributed by atoms with E-state index >= 15 is 0 Å². The van der Waals surface area contributed by atoms with E-state index in [-0.39, 0.29) is 29.6 Å². The maximum atomic E-state index is 12.8. The number of amides is 4. The molecule has 0 saturated carbocycles. The Morgan fingerprint density at radius 1 is 0.927 bits per heavy atom. The Bertz CT molecular complexity index is 1810. The van der Waals surface area contributed by atoms with Gasteiger partial charge in [0.2, 0.25) is 5.91 Å². The molecule has 0 atom stereocenters. The Kier molecular flexibility index (Phi) is 7.04. The molecule has 2 aromatic rings. The van der Waals surface area contributed by atoms with Crippen molar-refractivity contribution in [3.05, 3.63) is 83.2 Å². The maximum absolute atomic E-state index is 12.8. The van der Waals surface area contributed by atoms with Crippen LogP contribution in [0.4, 0.5) is 5.69 Å². The number of imide groups is 1. The molecule has 0 saturated heterocycles. The summed E-state index contributed by atoms with van der Waals surface area (Å²) in [5.41, 5.74) is 8.07. The molecule has 4 amide bonds. The fourth-order valence-corrected chi connectivity index (χ4v) is 4.56. The number of benzene rings is 3. The average Bonchev–Trinajstić information content (AvgIpc) is 3.26. The highest BCUT2D eigenvalue weighted by molar-refractivity contribution is 6.13. The molecule has 2 heterocycles. The highest BCUT2D eigenvalue weighted by Crippen LogP contribution is 2.41. The smallest absolute Gasteiger partial charge is 0.336 e. The topological polar surface area (TPSA) is 196 Å². The Labute approximate surface area is 231 Å². The largest absolute Gasteiger partial charge is 0.478 e. The van der Waals surface area contributed by atoms with Crippen molar-refractivity contribution in [2.75, 3.05) is 25.4 Å². The minimum atomic E-state index is -1.28. The second-order valence-electron chi connectivity index (χ2n) is 9.20. The second kappa shape index (κ2) is 10.8. The number of nitrogens with zero attached hydrogens (tertiary/aromatic N) is 1. The zero-order valence-corrected chi connectivity index (χ0v) is 21.4. The van der Waals surface area contributed by atoms with Crippen LogP contribution in [0, 0.1) is 5.41 Å². The van der Waals surface area contributed by atoms with Crippen molar-refractivity contribution in [2.45, 2.75) is 0 Å². The van der Waals surface area contributed by atoms with Crippen molar-refractivity contribution in [1.82, 2.24) is 15.5 Å². The van der Waals surface area contributed by atoms with Crippen LogP contribution in [0.3, 0.4) is 0 Å². The minimum absolute atomic E-state index is 0.00432. The third-order valence-electron chi connectivity index (χ3n) is 6.50. The molecular formula is C29H23N5O7. The molecule has 0 radical (unpaired) electrons. The fraction of sp³-hybridized carbons (Fsp3) is 0.103. The molecule has 12 heteroatoms. The van der Waals surface area contributed by atoms with Gasteiger partial charge in [-0.2, -0.15) is 0 Å². The van der Waals surface area contributed by atoms with E-state index in [0.717, 1.165) is 17.1 Å². The van der Waals surface area contributed by atoms with Gasteiger partial charge in [0, 0.05) is 65.1 Å². The molecule has 206 valence electrons. The fourth-order valence-electron chi connectivity index (χ4n) is 4.56. The first kappa shape index (κ1) is 26.8. The summed E-state index contributed by atoms with van der Waals surface area (Å²) in [4.78, 5) is 61.4. The molecule has 2 aliphatic heterocycles. The molecule has 3 aliphatic rings. The SMILES string of the molecule is N=c1ccc2c(-c3ccc(C(=O)NCC(=O)NCCN4C(=O)C=CC4=O)cc3C(=O)O)c3ccc(N)cc3oc-2c1. The Balaban J connectivity index is 1.38. The Hall–Kier alpha value is -5.78. The summed E-state index contributed by atoms with van der Waals surface area (Å²) in [6, 6.07) is 13.9. The zero-order valence-electron chi connectivity index (χ0n) is 21.4. The van der Waals surface area contributed by atoms with E-state index in [1.807, 2.05) is 0 Å². The molecule has 5 rings (SSSR count). The number of carbonyl (C=O) groups excluding carboxylic acids is 4. The van der Waals surface area contributed by atoms with Gasteiger partial charge >= 0.3 is 5.97 Å². The van der Waals surface area contributed by atoms with E-state index in [0.29, 0.717) is 39.1 Å². The van der Waals surface area contributed by atoms with E-state index in [1.54, 1.807) is 30.3 Å². The summed E-state index contributed by atoms with van der Waals surface area (Å²) in [6.45, 7) is -0.417. The Morgan fingerprint density at radius 2 is 1.66 bits per heavy atom. The normalized spacial score (nSPS) is 12.7. The summed E-state index contributed by atoms with van der Waals surface area (Å²) in [7, 11) is 0. The van der Waals surface area contributed by atoms with E-state index < -0.39 is 36.1 Å². The number of carboxylic acid groups (broad SMARTS) is 1. The number of anilines is 1. The van der Waals surface area contributed by atoms with Crippen LogP contribution in [-0.4, -0.2) is 59.2 Å². The van der Waals surface area contributed by atoms with E-state index in [1.165, 1.54) is 24.3 Å². The molecule has 0 spiro atoms. The monoisotopic (exact) mass is 553 g/mol. The molecule has 2 aromatic carbocycles. The van der Waals surface area contributed by atoms with Gasteiger partial charge in [-0.15, -0.1) is 0 Å². The number of nitrogens with two attached hydrogens (primary N) is 1. The number of carbonyl (C=O) groups is 5. The minimum Gasteiger partial charge on any atom is -0.478 e. The molecular weight excluding hydrogens is 530 g/mol. The van der Waals surface area contributed by atoms with Crippen LogP contribution in [0.2, 0.25) is 0 Å². The first-order chi connectivity index (χ1) is 19.6. The Morgan fingerprint density at radius 3 is 2.39 bits per heavy atom. The summed E-state index contributed by atoms with van der Waals surface area (Å²) in [5.74, 6) is -3.07. The van der Waals surface area contributed by atoms with Gasteiger partial charge in [-0.1, -0.05) is 6.07 Å². The summed E-state index contributed by atoms with van der Waals surface area (Å²) in [6.07, 6.45) is 2.28. The van der Waals surface area contributed by atoms with E-state index in [4.69, 9.17) is 15.6 Å². The molecule has 6 N–H and O–H groups in total. The van der Waals surface area contributed by atoms with Crippen LogP contribution in [0.15, 0.2) is 71.2 Å². The number of hydrogen-bond donors (Lipinski definition) is 5. The molecule has 1 aliphatic carbocycles. The first-order valence-corrected chi connectivity index (χ1v) is 12.4. The van der Waals surface area contributed by atoms with Gasteiger partial charge in [0.25, 0.3) is 17.7 Å². The summed E-state index contributed by atoms with van der Waals surface area (Å²) >= 11 is 0. The standard InChI is InChI=1S/C29H23N5O7/c30-16-2-5-19-22(12-16)41-23-13-17(31)3-6-20(23)27(19)18-4-1-15(11-21(18)29(39)40)28(38)33-14-24(35)32-9-10-34-25(36)7-8-26(34)37/h1-8,11-13,30H,9-10,14,31H2,(H,32,35)(H,33,38)(H,39,40). The number of rotatable bonds is 8. The predicted molar refractivity (Wildman–Crippen MR) is 147 cm³/mol. The lowest BCUT2D eigenvalue weighted by Gasteiger charge is -2.17. The van der Waals surface area contributed by atoms with Gasteiger partial charge < -0.3 is 31.3 Å². The first-order valence-electron chi connectivity index (χ1n) is 12.4. The molecule has 41 heavy (non-hydrogen) atoms. The molecule has 0 unspecified atom stereocenters. The number of carboxylic acids is 1. The van der Waals surface area contributed by atoms with Gasteiger partial charge in [-0.3, -0.25) is 24.1 Å². The van der Waals surface area contributed by atoms with Gasteiger partial charge in [-0.25, -0.2) is 4.79 Å². The van der Waals surface area contributed by atoms with Gasteiger partial charge in [-0.05, 0) is 42.0 Å².